The summed E-state index contributed by atoms with van der Waals surface area (Å²) in [7, 11) is 0. The molecule has 104 valence electrons. The molecule has 2 aromatic rings. The lowest BCUT2D eigenvalue weighted by Crippen LogP contribution is -2.23. The van der Waals surface area contributed by atoms with E-state index >= 15 is 0 Å². The van der Waals surface area contributed by atoms with Crippen LogP contribution in [-0.2, 0) is 6.54 Å². The number of benzene rings is 2. The summed E-state index contributed by atoms with van der Waals surface area (Å²) in [6.07, 6.45) is 0. The summed E-state index contributed by atoms with van der Waals surface area (Å²) in [5, 5.41) is 3.40. The van der Waals surface area contributed by atoms with Crippen molar-refractivity contribution in [2.45, 2.75) is 26.3 Å². The molecule has 0 saturated heterocycles. The average Bonchev–Trinajstić information content (AvgIpc) is 2.45. The van der Waals surface area contributed by atoms with Gasteiger partial charge in [0.2, 0.25) is 0 Å². The standard InChI is InChI=1S/C17H18ClNO/c1-12(2)14-8-4-3-7-13(14)11-19-17(20)15-9-5-6-10-16(15)18/h3-10,12H,11H2,1-2H3,(H,19,20). The second-order valence-corrected chi connectivity index (χ2v) is 5.42. The molecule has 2 nitrogen and oxygen atoms in total. The molecule has 0 heterocycles. The van der Waals surface area contributed by atoms with Crippen LogP contribution in [0, 0.1) is 0 Å². The first-order valence-electron chi connectivity index (χ1n) is 6.70. The van der Waals surface area contributed by atoms with Crippen molar-refractivity contribution < 1.29 is 4.79 Å². The number of amides is 1. The van der Waals surface area contributed by atoms with Crippen molar-refractivity contribution in [3.05, 3.63) is 70.2 Å². The Balaban J connectivity index is 2.10. The maximum absolute atomic E-state index is 12.1. The minimum Gasteiger partial charge on any atom is -0.348 e. The molecule has 0 saturated carbocycles. The highest BCUT2D eigenvalue weighted by Crippen LogP contribution is 2.19. The van der Waals surface area contributed by atoms with Crippen LogP contribution in [0.2, 0.25) is 5.02 Å². The summed E-state index contributed by atoms with van der Waals surface area (Å²) in [6, 6.07) is 15.2. The number of carbonyl (C=O) groups is 1. The largest absolute Gasteiger partial charge is 0.348 e. The van der Waals surface area contributed by atoms with Gasteiger partial charge in [-0.3, -0.25) is 4.79 Å². The molecule has 0 radical (unpaired) electrons. The molecular weight excluding hydrogens is 270 g/mol. The van der Waals surface area contributed by atoms with E-state index in [1.807, 2.05) is 30.3 Å². The van der Waals surface area contributed by atoms with Gasteiger partial charge in [-0.05, 0) is 29.2 Å². The Morgan fingerprint density at radius 1 is 1.10 bits per heavy atom. The summed E-state index contributed by atoms with van der Waals surface area (Å²) in [5.41, 5.74) is 2.91. The van der Waals surface area contributed by atoms with Gasteiger partial charge >= 0.3 is 0 Å². The number of halogens is 1. The molecule has 1 N–H and O–H groups in total. The first-order valence-corrected chi connectivity index (χ1v) is 7.08. The van der Waals surface area contributed by atoms with Crippen molar-refractivity contribution in [1.82, 2.24) is 5.32 Å². The lowest BCUT2D eigenvalue weighted by Gasteiger charge is -2.13. The summed E-state index contributed by atoms with van der Waals surface area (Å²) in [4.78, 5) is 12.1. The molecule has 20 heavy (non-hydrogen) atoms. The second kappa shape index (κ2) is 6.58. The molecule has 0 spiro atoms. The molecule has 0 unspecified atom stereocenters. The molecule has 2 aromatic carbocycles. The SMILES string of the molecule is CC(C)c1ccccc1CNC(=O)c1ccccc1Cl. The zero-order valence-corrected chi connectivity index (χ0v) is 12.4. The Bertz CT molecular complexity index is 607. The fourth-order valence-corrected chi connectivity index (χ4v) is 2.40. The molecule has 3 heteroatoms. The predicted molar refractivity (Wildman–Crippen MR) is 83.2 cm³/mol. The number of rotatable bonds is 4. The Morgan fingerprint density at radius 2 is 1.75 bits per heavy atom. The van der Waals surface area contributed by atoms with Crippen LogP contribution >= 0.6 is 11.6 Å². The van der Waals surface area contributed by atoms with Gasteiger partial charge in [-0.2, -0.15) is 0 Å². The van der Waals surface area contributed by atoms with Crippen LogP contribution in [-0.4, -0.2) is 5.91 Å². The van der Waals surface area contributed by atoms with Crippen molar-refractivity contribution in [1.29, 1.82) is 0 Å². The minimum absolute atomic E-state index is 0.144. The van der Waals surface area contributed by atoms with E-state index in [0.717, 1.165) is 5.56 Å². The number of nitrogens with one attached hydrogen (secondary N) is 1. The van der Waals surface area contributed by atoms with E-state index in [1.165, 1.54) is 5.56 Å². The van der Waals surface area contributed by atoms with Crippen molar-refractivity contribution in [2.24, 2.45) is 0 Å². The lowest BCUT2D eigenvalue weighted by molar-refractivity contribution is 0.0951. The van der Waals surface area contributed by atoms with E-state index in [0.29, 0.717) is 23.0 Å². The van der Waals surface area contributed by atoms with Crippen LogP contribution in [0.25, 0.3) is 0 Å². The fraction of sp³-hybridized carbons (Fsp3) is 0.235. The second-order valence-electron chi connectivity index (χ2n) is 5.02. The van der Waals surface area contributed by atoms with E-state index in [-0.39, 0.29) is 5.91 Å². The van der Waals surface area contributed by atoms with Gasteiger partial charge in [-0.15, -0.1) is 0 Å². The highest BCUT2D eigenvalue weighted by Gasteiger charge is 2.11. The van der Waals surface area contributed by atoms with Crippen molar-refractivity contribution in [2.75, 3.05) is 0 Å². The van der Waals surface area contributed by atoms with Crippen LogP contribution < -0.4 is 5.32 Å². The Labute approximate surface area is 124 Å². The molecule has 1 amide bonds. The summed E-state index contributed by atoms with van der Waals surface area (Å²) >= 11 is 6.02. The molecule has 0 aliphatic carbocycles. The van der Waals surface area contributed by atoms with Gasteiger partial charge in [-0.1, -0.05) is 61.8 Å². The van der Waals surface area contributed by atoms with Gasteiger partial charge in [0.15, 0.2) is 0 Å². The molecule has 0 atom stereocenters. The van der Waals surface area contributed by atoms with Gasteiger partial charge < -0.3 is 5.32 Å². The maximum Gasteiger partial charge on any atom is 0.253 e. The van der Waals surface area contributed by atoms with Gasteiger partial charge in [0.05, 0.1) is 10.6 Å². The van der Waals surface area contributed by atoms with E-state index in [1.54, 1.807) is 12.1 Å². The fourth-order valence-electron chi connectivity index (χ4n) is 2.17. The van der Waals surface area contributed by atoms with Crippen LogP contribution in [0.3, 0.4) is 0 Å². The van der Waals surface area contributed by atoms with Gasteiger partial charge in [0.25, 0.3) is 5.91 Å². The number of carbonyl (C=O) groups excluding carboxylic acids is 1. The molecule has 0 fully saturated rings. The predicted octanol–water partition coefficient (Wildman–Crippen LogP) is 4.39. The topological polar surface area (TPSA) is 29.1 Å². The lowest BCUT2D eigenvalue weighted by atomic mass is 9.97. The van der Waals surface area contributed by atoms with Crippen LogP contribution in [0.1, 0.15) is 41.3 Å². The minimum atomic E-state index is -0.144. The molecule has 0 aromatic heterocycles. The first kappa shape index (κ1) is 14.6. The zero-order chi connectivity index (χ0) is 14.5. The van der Waals surface area contributed by atoms with E-state index < -0.39 is 0 Å². The third-order valence-electron chi connectivity index (χ3n) is 3.23. The van der Waals surface area contributed by atoms with Crippen molar-refractivity contribution in [3.63, 3.8) is 0 Å². The highest BCUT2D eigenvalue weighted by atomic mass is 35.5. The maximum atomic E-state index is 12.1. The first-order chi connectivity index (χ1) is 9.59. The zero-order valence-electron chi connectivity index (χ0n) is 11.7. The van der Waals surface area contributed by atoms with Crippen molar-refractivity contribution >= 4 is 17.5 Å². The Morgan fingerprint density at radius 3 is 2.45 bits per heavy atom. The number of hydrogen-bond acceptors (Lipinski definition) is 1. The molecule has 0 aliphatic heterocycles. The van der Waals surface area contributed by atoms with E-state index in [4.69, 9.17) is 11.6 Å². The van der Waals surface area contributed by atoms with Gasteiger partial charge in [0, 0.05) is 6.54 Å². The third-order valence-corrected chi connectivity index (χ3v) is 3.56. The quantitative estimate of drug-likeness (QED) is 0.887. The van der Waals surface area contributed by atoms with Crippen LogP contribution in [0.5, 0.6) is 0 Å². The van der Waals surface area contributed by atoms with Gasteiger partial charge in [0.1, 0.15) is 0 Å². The third kappa shape index (κ3) is 3.40. The van der Waals surface area contributed by atoms with Gasteiger partial charge in [-0.25, -0.2) is 0 Å². The Hall–Kier alpha value is -1.80. The summed E-state index contributed by atoms with van der Waals surface area (Å²) in [5.74, 6) is 0.289. The molecular formula is C17H18ClNO. The van der Waals surface area contributed by atoms with Crippen molar-refractivity contribution in [3.8, 4) is 0 Å². The summed E-state index contributed by atoms with van der Waals surface area (Å²) in [6.45, 7) is 4.81. The Kier molecular flexibility index (Phi) is 4.80. The van der Waals surface area contributed by atoms with E-state index in [9.17, 15) is 4.79 Å². The highest BCUT2D eigenvalue weighted by molar-refractivity contribution is 6.33. The smallest absolute Gasteiger partial charge is 0.253 e. The monoisotopic (exact) mass is 287 g/mol. The molecule has 0 aliphatic rings. The average molecular weight is 288 g/mol. The molecule has 0 bridgehead atoms. The van der Waals surface area contributed by atoms with E-state index in [2.05, 4.69) is 25.2 Å². The number of hydrogen-bond donors (Lipinski definition) is 1. The molecule has 2 rings (SSSR count). The van der Waals surface area contributed by atoms with Crippen LogP contribution in [0.4, 0.5) is 0 Å². The summed E-state index contributed by atoms with van der Waals surface area (Å²) < 4.78 is 0. The normalized spacial score (nSPS) is 10.6. The van der Waals surface area contributed by atoms with Crippen LogP contribution in [0.15, 0.2) is 48.5 Å².